The number of rotatable bonds is 7. The molecule has 0 aliphatic heterocycles. The number of unbranched alkanes of at least 4 members (excludes halogenated alkanes) is 2. The summed E-state index contributed by atoms with van der Waals surface area (Å²) in [6.07, 6.45) is 2.21. The lowest BCUT2D eigenvalue weighted by Gasteiger charge is -2.23. The highest BCUT2D eigenvalue weighted by Crippen LogP contribution is 2.32. The molecule has 0 bridgehead atoms. The van der Waals surface area contributed by atoms with Gasteiger partial charge in [-0.2, -0.15) is 0 Å². The Morgan fingerprint density at radius 1 is 1.14 bits per heavy atom. The molecule has 1 aromatic carbocycles. The topological polar surface area (TPSA) is 69.4 Å². The largest absolute Gasteiger partial charge is 0.493 e. The second-order valence-electron chi connectivity index (χ2n) is 6.53. The molecule has 0 aliphatic rings. The van der Waals surface area contributed by atoms with Crippen molar-refractivity contribution in [1.29, 1.82) is 0 Å². The molecule has 0 spiro atoms. The van der Waals surface area contributed by atoms with E-state index < -0.39 is 10.0 Å². The van der Waals surface area contributed by atoms with E-state index in [2.05, 4.69) is 39.0 Å². The maximum absolute atomic E-state index is 10.8. The molecule has 0 aliphatic carbocycles. The summed E-state index contributed by atoms with van der Waals surface area (Å²) in [5, 5.41) is 4.97. The molecule has 0 radical (unpaired) electrons. The van der Waals surface area contributed by atoms with Gasteiger partial charge < -0.3 is 4.74 Å². The number of primary sulfonamides is 1. The van der Waals surface area contributed by atoms with Crippen LogP contribution in [0, 0.1) is 6.92 Å². The average molecular weight is 313 g/mol. The predicted octanol–water partition coefficient (Wildman–Crippen LogP) is 3.13. The van der Waals surface area contributed by atoms with Crippen LogP contribution in [0.15, 0.2) is 18.2 Å². The van der Waals surface area contributed by atoms with E-state index in [-0.39, 0.29) is 11.2 Å². The summed E-state index contributed by atoms with van der Waals surface area (Å²) in [5.41, 5.74) is 2.40. The van der Waals surface area contributed by atoms with Crippen LogP contribution in [0.5, 0.6) is 5.75 Å². The van der Waals surface area contributed by atoms with E-state index in [0.29, 0.717) is 13.0 Å². The highest BCUT2D eigenvalue weighted by Gasteiger charge is 2.18. The Balaban J connectivity index is 2.50. The minimum Gasteiger partial charge on any atom is -0.493 e. The van der Waals surface area contributed by atoms with Gasteiger partial charge in [0, 0.05) is 0 Å². The fourth-order valence-corrected chi connectivity index (χ4v) is 2.74. The number of hydrogen-bond acceptors (Lipinski definition) is 3. The van der Waals surface area contributed by atoms with Gasteiger partial charge in [0.25, 0.3) is 0 Å². The number of aryl methyl sites for hydroxylation is 1. The molecule has 1 rings (SSSR count). The third-order valence-electron chi connectivity index (χ3n) is 3.28. The van der Waals surface area contributed by atoms with Gasteiger partial charge in [-0.3, -0.25) is 0 Å². The van der Waals surface area contributed by atoms with Crippen molar-refractivity contribution in [1.82, 2.24) is 0 Å². The van der Waals surface area contributed by atoms with E-state index in [1.807, 2.05) is 6.92 Å². The number of benzene rings is 1. The molecular formula is C16H27NO3S. The molecule has 21 heavy (non-hydrogen) atoms. The first-order valence-electron chi connectivity index (χ1n) is 7.34. The van der Waals surface area contributed by atoms with Gasteiger partial charge in [0.15, 0.2) is 0 Å². The summed E-state index contributed by atoms with van der Waals surface area (Å²) in [5.74, 6) is 0.971. The van der Waals surface area contributed by atoms with Gasteiger partial charge >= 0.3 is 0 Å². The van der Waals surface area contributed by atoms with Crippen molar-refractivity contribution < 1.29 is 13.2 Å². The van der Waals surface area contributed by atoms with Crippen LogP contribution in [0.1, 0.15) is 51.2 Å². The lowest BCUT2D eigenvalue weighted by atomic mass is 9.86. The van der Waals surface area contributed by atoms with Crippen molar-refractivity contribution in [3.8, 4) is 5.75 Å². The van der Waals surface area contributed by atoms with Crippen molar-refractivity contribution in [2.24, 2.45) is 5.14 Å². The molecule has 0 saturated carbocycles. The highest BCUT2D eigenvalue weighted by molar-refractivity contribution is 7.89. The fourth-order valence-electron chi connectivity index (χ4n) is 2.13. The number of ether oxygens (including phenoxy) is 1. The predicted molar refractivity (Wildman–Crippen MR) is 87.2 cm³/mol. The third-order valence-corrected chi connectivity index (χ3v) is 4.13. The van der Waals surface area contributed by atoms with Crippen LogP contribution in [0.25, 0.3) is 0 Å². The average Bonchev–Trinajstić information content (AvgIpc) is 2.30. The van der Waals surface area contributed by atoms with Crippen LogP contribution < -0.4 is 9.88 Å². The first kappa shape index (κ1) is 18.0. The molecule has 0 amide bonds. The molecular weight excluding hydrogens is 286 g/mol. The van der Waals surface area contributed by atoms with Crippen LogP contribution in [-0.2, 0) is 15.4 Å². The van der Waals surface area contributed by atoms with Crippen molar-refractivity contribution in [3.63, 3.8) is 0 Å². The molecule has 0 heterocycles. The third kappa shape index (κ3) is 6.96. The Morgan fingerprint density at radius 2 is 1.81 bits per heavy atom. The van der Waals surface area contributed by atoms with E-state index in [4.69, 9.17) is 9.88 Å². The molecule has 4 nitrogen and oxygen atoms in total. The number of sulfonamides is 1. The maximum Gasteiger partial charge on any atom is 0.209 e. The molecule has 5 heteroatoms. The monoisotopic (exact) mass is 313 g/mol. The molecule has 0 fully saturated rings. The summed E-state index contributed by atoms with van der Waals surface area (Å²) < 4.78 is 27.5. The van der Waals surface area contributed by atoms with Crippen molar-refractivity contribution in [2.75, 3.05) is 12.4 Å². The first-order valence-corrected chi connectivity index (χ1v) is 9.05. The van der Waals surface area contributed by atoms with Gasteiger partial charge in [-0.05, 0) is 48.8 Å². The van der Waals surface area contributed by atoms with E-state index >= 15 is 0 Å². The van der Waals surface area contributed by atoms with Gasteiger partial charge in [-0.1, -0.05) is 32.9 Å². The summed E-state index contributed by atoms with van der Waals surface area (Å²) in [4.78, 5) is 0. The van der Waals surface area contributed by atoms with Gasteiger partial charge in [0.05, 0.1) is 12.4 Å². The molecule has 0 unspecified atom stereocenters. The van der Waals surface area contributed by atoms with E-state index in [1.165, 1.54) is 11.1 Å². The van der Waals surface area contributed by atoms with Crippen LogP contribution in [0.3, 0.4) is 0 Å². The van der Waals surface area contributed by atoms with Gasteiger partial charge in [-0.25, -0.2) is 13.6 Å². The number of hydrogen-bond donors (Lipinski definition) is 1. The molecule has 2 N–H and O–H groups in total. The van der Waals surface area contributed by atoms with Gasteiger partial charge in [-0.15, -0.1) is 0 Å². The molecule has 0 saturated heterocycles. The zero-order valence-corrected chi connectivity index (χ0v) is 14.3. The second kappa shape index (κ2) is 7.27. The minimum atomic E-state index is -3.34. The molecule has 0 aromatic heterocycles. The highest BCUT2D eigenvalue weighted by atomic mass is 32.2. The standard InChI is InChI=1S/C16H27NO3S/c1-13-8-9-14(16(2,3)4)15(12-13)20-10-6-5-7-11-21(17,18)19/h8-9,12H,5-7,10-11H2,1-4H3,(H2,17,18,19). The zero-order chi connectivity index (χ0) is 16.1. The van der Waals surface area contributed by atoms with Crippen molar-refractivity contribution >= 4 is 10.0 Å². The lowest BCUT2D eigenvalue weighted by molar-refractivity contribution is 0.298. The molecule has 0 atom stereocenters. The normalized spacial score (nSPS) is 12.4. The molecule has 1 aromatic rings. The van der Waals surface area contributed by atoms with Gasteiger partial charge in [0.2, 0.25) is 10.0 Å². The Hall–Kier alpha value is -1.07. The Kier molecular flexibility index (Phi) is 6.23. The quantitative estimate of drug-likeness (QED) is 0.786. The van der Waals surface area contributed by atoms with Crippen LogP contribution in [0.4, 0.5) is 0 Å². The second-order valence-corrected chi connectivity index (χ2v) is 8.26. The Labute approximate surface area is 128 Å². The summed E-state index contributed by atoms with van der Waals surface area (Å²) in [6, 6.07) is 6.27. The zero-order valence-electron chi connectivity index (χ0n) is 13.5. The molecule has 120 valence electrons. The number of nitrogens with two attached hydrogens (primary N) is 1. The minimum absolute atomic E-state index is 0.0384. The summed E-state index contributed by atoms with van der Waals surface area (Å²) >= 11 is 0. The lowest BCUT2D eigenvalue weighted by Crippen LogP contribution is -2.16. The maximum atomic E-state index is 10.8. The Morgan fingerprint density at radius 3 is 2.38 bits per heavy atom. The summed E-state index contributed by atoms with van der Waals surface area (Å²) in [6.45, 7) is 9.13. The van der Waals surface area contributed by atoms with Crippen molar-refractivity contribution in [2.45, 2.75) is 52.4 Å². The van der Waals surface area contributed by atoms with E-state index in [9.17, 15) is 8.42 Å². The SMILES string of the molecule is Cc1ccc(C(C)(C)C)c(OCCCCCS(N)(=O)=O)c1. The smallest absolute Gasteiger partial charge is 0.209 e. The van der Waals surface area contributed by atoms with Crippen LogP contribution >= 0.6 is 0 Å². The van der Waals surface area contributed by atoms with E-state index in [1.54, 1.807) is 0 Å². The Bertz CT molecular complexity index is 559. The summed E-state index contributed by atoms with van der Waals surface area (Å²) in [7, 11) is -3.34. The van der Waals surface area contributed by atoms with Crippen LogP contribution in [0.2, 0.25) is 0 Å². The van der Waals surface area contributed by atoms with Crippen molar-refractivity contribution in [3.05, 3.63) is 29.3 Å². The van der Waals surface area contributed by atoms with E-state index in [0.717, 1.165) is 18.6 Å². The first-order chi connectivity index (χ1) is 9.59. The van der Waals surface area contributed by atoms with Gasteiger partial charge in [0.1, 0.15) is 5.75 Å². The fraction of sp³-hybridized carbons (Fsp3) is 0.625. The van der Waals surface area contributed by atoms with Crippen LogP contribution in [-0.4, -0.2) is 20.8 Å².